The monoisotopic (exact) mass is 1020 g/mol. The van der Waals surface area contributed by atoms with Crippen LogP contribution in [0.1, 0.15) is 277 Å². The average molecular weight is 1020 g/mol. The molecule has 0 aromatic heterocycles. The Balaban J connectivity index is 2.31. The van der Waals surface area contributed by atoms with Crippen LogP contribution in [0, 0.1) is 0 Å². The molecule has 8 N–H and O–H groups in total. The molecule has 1 saturated heterocycles. The fourth-order valence-electron chi connectivity index (χ4n) is 9.71. The lowest BCUT2D eigenvalue weighted by Crippen LogP contribution is -2.60. The van der Waals surface area contributed by atoms with E-state index in [1.165, 1.54) is 186 Å². The molecule has 424 valence electrons. The summed E-state index contributed by atoms with van der Waals surface area (Å²) in [4.78, 5) is 13.2. The quantitative estimate of drug-likeness (QED) is 0.0215. The van der Waals surface area contributed by atoms with Gasteiger partial charge in [0, 0.05) is 0 Å². The van der Waals surface area contributed by atoms with Crippen molar-refractivity contribution in [2.75, 3.05) is 13.2 Å². The van der Waals surface area contributed by atoms with Crippen molar-refractivity contribution in [1.82, 2.24) is 5.32 Å². The van der Waals surface area contributed by atoms with Crippen LogP contribution in [0.25, 0.3) is 0 Å². The van der Waals surface area contributed by atoms with Gasteiger partial charge < -0.3 is 50.5 Å². The van der Waals surface area contributed by atoms with Crippen LogP contribution < -0.4 is 5.32 Å². The summed E-state index contributed by atoms with van der Waals surface area (Å²) in [5.74, 6) is -0.709. The maximum Gasteiger partial charge on any atom is 0.249 e. The highest BCUT2D eigenvalue weighted by Crippen LogP contribution is 2.23. The van der Waals surface area contributed by atoms with E-state index in [9.17, 15) is 40.5 Å². The molecule has 0 aromatic rings. The number of nitrogens with one attached hydrogen (secondary N) is 1. The van der Waals surface area contributed by atoms with E-state index < -0.39 is 74.2 Å². The van der Waals surface area contributed by atoms with E-state index in [4.69, 9.17) is 9.47 Å². The Labute approximate surface area is 441 Å². The Kier molecular flexibility index (Phi) is 47.6. The predicted octanol–water partition coefficient (Wildman–Crippen LogP) is 13.1. The van der Waals surface area contributed by atoms with Gasteiger partial charge in [-0.25, -0.2) is 0 Å². The molecule has 1 heterocycles. The first-order valence-corrected chi connectivity index (χ1v) is 30.4. The van der Waals surface area contributed by atoms with Crippen LogP contribution in [-0.4, -0.2) is 110 Å². The van der Waals surface area contributed by atoms with E-state index in [1.54, 1.807) is 0 Å². The smallest absolute Gasteiger partial charge is 0.249 e. The van der Waals surface area contributed by atoms with Gasteiger partial charge in [0.05, 0.1) is 25.4 Å². The van der Waals surface area contributed by atoms with Gasteiger partial charge in [0.25, 0.3) is 0 Å². The fraction of sp³-hybridized carbons (Fsp3) is 0.885. The third-order valence-corrected chi connectivity index (χ3v) is 14.7. The number of ether oxygens (including phenoxy) is 2. The molecule has 0 aliphatic carbocycles. The summed E-state index contributed by atoms with van der Waals surface area (Å²) in [6.07, 6.45) is 50.7. The van der Waals surface area contributed by atoms with Crippen molar-refractivity contribution in [3.8, 4) is 0 Å². The summed E-state index contributed by atoms with van der Waals surface area (Å²) in [7, 11) is 0. The molecule has 72 heavy (non-hydrogen) atoms. The summed E-state index contributed by atoms with van der Waals surface area (Å²) in [6.45, 7) is 3.46. The first-order chi connectivity index (χ1) is 35.2. The average Bonchev–Trinajstić information content (AvgIpc) is 3.38. The van der Waals surface area contributed by atoms with Crippen molar-refractivity contribution in [3.63, 3.8) is 0 Å². The number of aliphatic hydroxyl groups is 7. The number of allylic oxidation sites excluding steroid dienone is 6. The van der Waals surface area contributed by atoms with E-state index in [0.29, 0.717) is 19.3 Å². The van der Waals surface area contributed by atoms with Gasteiger partial charge >= 0.3 is 0 Å². The van der Waals surface area contributed by atoms with Gasteiger partial charge in [-0.05, 0) is 64.2 Å². The Morgan fingerprint density at radius 3 is 1.24 bits per heavy atom. The third-order valence-electron chi connectivity index (χ3n) is 14.7. The van der Waals surface area contributed by atoms with Gasteiger partial charge in [-0.2, -0.15) is 0 Å². The fourth-order valence-corrected chi connectivity index (χ4v) is 9.71. The van der Waals surface area contributed by atoms with E-state index in [0.717, 1.165) is 44.9 Å². The first kappa shape index (κ1) is 68.3. The molecule has 0 saturated carbocycles. The molecule has 9 unspecified atom stereocenters. The number of amides is 1. The topological polar surface area (TPSA) is 189 Å². The molecule has 1 rings (SSSR count). The summed E-state index contributed by atoms with van der Waals surface area (Å²) in [5.41, 5.74) is 0. The SMILES string of the molecule is CCCCCCCCCCCCCCCCC/C=C/CC/C=C/CC/C=C/CCCC(O)C(O)C(COC1OC(CO)C(O)C(O)C1O)NC(=O)C(O)CCCCCCCCCCCCCCCCCCC. The van der Waals surface area contributed by atoms with Gasteiger partial charge in [-0.15, -0.1) is 0 Å². The molecule has 0 bridgehead atoms. The lowest BCUT2D eigenvalue weighted by molar-refractivity contribution is -0.303. The highest BCUT2D eigenvalue weighted by atomic mass is 16.7. The number of aliphatic hydroxyl groups excluding tert-OH is 7. The second-order valence-electron chi connectivity index (χ2n) is 21.4. The molecule has 1 aliphatic heterocycles. The maximum atomic E-state index is 13.2. The van der Waals surface area contributed by atoms with E-state index in [-0.39, 0.29) is 12.8 Å². The molecule has 9 atom stereocenters. The predicted molar refractivity (Wildman–Crippen MR) is 298 cm³/mol. The minimum Gasteiger partial charge on any atom is -0.394 e. The van der Waals surface area contributed by atoms with Crippen molar-refractivity contribution in [2.24, 2.45) is 0 Å². The van der Waals surface area contributed by atoms with Crippen LogP contribution in [0.3, 0.4) is 0 Å². The van der Waals surface area contributed by atoms with Gasteiger partial charge in [-0.3, -0.25) is 4.79 Å². The number of hydrogen-bond donors (Lipinski definition) is 8. The highest BCUT2D eigenvalue weighted by molar-refractivity contribution is 5.80. The first-order valence-electron chi connectivity index (χ1n) is 30.4. The zero-order valence-corrected chi connectivity index (χ0v) is 46.4. The van der Waals surface area contributed by atoms with E-state index >= 15 is 0 Å². The lowest BCUT2D eigenvalue weighted by Gasteiger charge is -2.40. The second kappa shape index (κ2) is 50.2. The van der Waals surface area contributed by atoms with Crippen LogP contribution in [0.5, 0.6) is 0 Å². The largest absolute Gasteiger partial charge is 0.394 e. The molecule has 11 heteroatoms. The van der Waals surface area contributed by atoms with Gasteiger partial charge in [0.2, 0.25) is 5.91 Å². The number of rotatable bonds is 52. The van der Waals surface area contributed by atoms with E-state index in [1.807, 2.05) is 0 Å². The molecular formula is C61H115NO10. The second-order valence-corrected chi connectivity index (χ2v) is 21.4. The third kappa shape index (κ3) is 38.0. The molecular weight excluding hydrogens is 907 g/mol. The Morgan fingerprint density at radius 2 is 0.833 bits per heavy atom. The summed E-state index contributed by atoms with van der Waals surface area (Å²) >= 11 is 0. The Morgan fingerprint density at radius 1 is 0.472 bits per heavy atom. The van der Waals surface area contributed by atoms with Crippen molar-refractivity contribution in [2.45, 2.75) is 332 Å². The van der Waals surface area contributed by atoms with Crippen LogP contribution in [0.4, 0.5) is 0 Å². The summed E-state index contributed by atoms with van der Waals surface area (Å²) in [5, 5.41) is 76.1. The van der Waals surface area contributed by atoms with Crippen molar-refractivity contribution >= 4 is 5.91 Å². The molecule has 0 spiro atoms. The molecule has 0 radical (unpaired) electrons. The zero-order chi connectivity index (χ0) is 52.5. The minimum atomic E-state index is -1.67. The molecule has 11 nitrogen and oxygen atoms in total. The normalized spacial score (nSPS) is 20.3. The summed E-state index contributed by atoms with van der Waals surface area (Å²) < 4.78 is 11.1. The zero-order valence-electron chi connectivity index (χ0n) is 46.4. The molecule has 1 aliphatic rings. The molecule has 1 fully saturated rings. The van der Waals surface area contributed by atoms with Crippen molar-refractivity contribution in [1.29, 1.82) is 0 Å². The van der Waals surface area contributed by atoms with Gasteiger partial charge in [0.1, 0.15) is 36.6 Å². The van der Waals surface area contributed by atoms with Crippen LogP contribution in [0.15, 0.2) is 36.5 Å². The standard InChI is InChI=1S/C61H115NO10/c1-3-5-7-9-11-13-15-17-19-21-22-23-24-25-26-27-28-29-30-31-33-34-36-38-40-42-44-46-48-53(64)56(66)52(51-71-61-59(69)58(68)57(67)55(50-63)72-61)62-60(70)54(65)49-47-45-43-41-39-37-35-32-20-18-16-14-12-10-8-6-4-2/h28-29,33-34,40,42,52-59,61,63-69H,3-27,30-32,35-39,41,43-51H2,1-2H3,(H,62,70)/b29-28+,34-33+,42-40+. The Hall–Kier alpha value is -1.67. The Bertz CT molecular complexity index is 1260. The number of carbonyl (C=O) groups excluding carboxylic acids is 1. The van der Waals surface area contributed by atoms with Gasteiger partial charge in [0.15, 0.2) is 6.29 Å². The number of carbonyl (C=O) groups is 1. The minimum absolute atomic E-state index is 0.243. The molecule has 1 amide bonds. The summed E-state index contributed by atoms with van der Waals surface area (Å²) in [6, 6.07) is -1.19. The lowest BCUT2D eigenvalue weighted by atomic mass is 9.98. The van der Waals surface area contributed by atoms with Crippen molar-refractivity contribution in [3.05, 3.63) is 36.5 Å². The highest BCUT2D eigenvalue weighted by Gasteiger charge is 2.44. The van der Waals surface area contributed by atoms with Crippen LogP contribution >= 0.6 is 0 Å². The van der Waals surface area contributed by atoms with Crippen molar-refractivity contribution < 1.29 is 50.0 Å². The van der Waals surface area contributed by atoms with Crippen LogP contribution in [-0.2, 0) is 14.3 Å². The number of hydrogen-bond acceptors (Lipinski definition) is 10. The maximum absolute atomic E-state index is 13.2. The van der Waals surface area contributed by atoms with E-state index in [2.05, 4.69) is 55.6 Å². The molecule has 0 aromatic carbocycles. The number of unbranched alkanes of at least 4 members (excludes halogenated alkanes) is 34. The van der Waals surface area contributed by atoms with Gasteiger partial charge in [-0.1, -0.05) is 249 Å². The van der Waals surface area contributed by atoms with Crippen LogP contribution in [0.2, 0.25) is 0 Å².